The Kier molecular flexibility index (Phi) is 4.32. The van der Waals surface area contributed by atoms with Crippen LogP contribution in [0.1, 0.15) is 41.4 Å². The second-order valence-electron chi connectivity index (χ2n) is 4.68. The van der Waals surface area contributed by atoms with Crippen molar-refractivity contribution in [3.63, 3.8) is 0 Å². The first-order chi connectivity index (χ1) is 11.3. The highest BCUT2D eigenvalue weighted by molar-refractivity contribution is 6.16. The van der Waals surface area contributed by atoms with Crippen molar-refractivity contribution < 1.29 is 39.6 Å². The van der Waals surface area contributed by atoms with Crippen molar-refractivity contribution in [2.75, 3.05) is 0 Å². The molecule has 0 heterocycles. The van der Waals surface area contributed by atoms with E-state index in [9.17, 15) is 39.6 Å². The zero-order chi connectivity index (χ0) is 18.0. The monoisotopic (exact) mass is 330 g/mol. The van der Waals surface area contributed by atoms with Gasteiger partial charge in [-0.3, -0.25) is 0 Å². The molecule has 0 aliphatic heterocycles. The lowest BCUT2D eigenvalue weighted by molar-refractivity contribution is 0.0620. The van der Waals surface area contributed by atoms with Crippen molar-refractivity contribution in [2.24, 2.45) is 0 Å². The van der Waals surface area contributed by atoms with E-state index in [2.05, 4.69) is 0 Å². The van der Waals surface area contributed by atoms with Crippen LogP contribution in [0.25, 0.3) is 11.1 Å². The number of benzene rings is 2. The molecule has 8 nitrogen and oxygen atoms in total. The van der Waals surface area contributed by atoms with Gasteiger partial charge in [-0.15, -0.1) is 0 Å². The van der Waals surface area contributed by atoms with Crippen LogP contribution in [0.5, 0.6) is 0 Å². The zero-order valence-corrected chi connectivity index (χ0v) is 11.9. The van der Waals surface area contributed by atoms with E-state index in [0.717, 1.165) is 6.07 Å². The number of carbonyl (C=O) groups is 4. The Balaban J connectivity index is 3.06. The summed E-state index contributed by atoms with van der Waals surface area (Å²) in [6.07, 6.45) is 0. The summed E-state index contributed by atoms with van der Waals surface area (Å²) in [7, 11) is 0. The van der Waals surface area contributed by atoms with Crippen molar-refractivity contribution in [3.8, 4) is 11.1 Å². The Morgan fingerprint density at radius 3 is 1.54 bits per heavy atom. The molecule has 8 heteroatoms. The maximum absolute atomic E-state index is 11.6. The molecule has 0 atom stereocenters. The average molecular weight is 330 g/mol. The van der Waals surface area contributed by atoms with Crippen LogP contribution < -0.4 is 0 Å². The first kappa shape index (κ1) is 16.7. The molecule has 122 valence electrons. The molecule has 0 saturated heterocycles. The normalized spacial score (nSPS) is 10.2. The molecule has 0 fully saturated rings. The largest absolute Gasteiger partial charge is 0.478 e. The van der Waals surface area contributed by atoms with Crippen LogP contribution in [0.3, 0.4) is 0 Å². The van der Waals surface area contributed by atoms with E-state index in [1.165, 1.54) is 12.1 Å². The SMILES string of the molecule is O=C(O)c1cc(-c2ccccc2)c(C(=O)O)c(C(=O)O)c1C(=O)O. The van der Waals surface area contributed by atoms with Gasteiger partial charge in [0.1, 0.15) is 0 Å². The molecule has 0 bridgehead atoms. The summed E-state index contributed by atoms with van der Waals surface area (Å²) in [6.45, 7) is 0. The summed E-state index contributed by atoms with van der Waals surface area (Å²) >= 11 is 0. The van der Waals surface area contributed by atoms with E-state index in [-0.39, 0.29) is 11.1 Å². The van der Waals surface area contributed by atoms with Crippen LogP contribution in [0.2, 0.25) is 0 Å². The number of hydrogen-bond acceptors (Lipinski definition) is 4. The van der Waals surface area contributed by atoms with Gasteiger partial charge in [0, 0.05) is 0 Å². The lowest BCUT2D eigenvalue weighted by Crippen LogP contribution is -2.20. The van der Waals surface area contributed by atoms with Crippen LogP contribution in [-0.2, 0) is 0 Å². The van der Waals surface area contributed by atoms with Gasteiger partial charge in [-0.1, -0.05) is 30.3 Å². The molecule has 0 aromatic heterocycles. The molecule has 0 unspecified atom stereocenters. The third-order valence-corrected chi connectivity index (χ3v) is 3.28. The number of aromatic carboxylic acids is 4. The highest BCUT2D eigenvalue weighted by Crippen LogP contribution is 2.32. The fourth-order valence-electron chi connectivity index (χ4n) is 2.36. The number of carboxylic acids is 4. The second kappa shape index (κ2) is 6.21. The number of rotatable bonds is 5. The van der Waals surface area contributed by atoms with Gasteiger partial charge in [-0.2, -0.15) is 0 Å². The van der Waals surface area contributed by atoms with Crippen LogP contribution >= 0.6 is 0 Å². The Labute approximate surface area is 134 Å². The van der Waals surface area contributed by atoms with E-state index in [1.54, 1.807) is 18.2 Å². The quantitative estimate of drug-likeness (QED) is 0.651. The Morgan fingerprint density at radius 1 is 0.625 bits per heavy atom. The van der Waals surface area contributed by atoms with Gasteiger partial charge in [-0.05, 0) is 17.2 Å². The molecule has 0 saturated carbocycles. The minimum Gasteiger partial charge on any atom is -0.478 e. The molecule has 0 aliphatic carbocycles. The van der Waals surface area contributed by atoms with Crippen LogP contribution in [0.4, 0.5) is 0 Å². The summed E-state index contributed by atoms with van der Waals surface area (Å²) in [5.41, 5.74) is -3.68. The number of carboxylic acid groups (broad SMARTS) is 4. The van der Waals surface area contributed by atoms with Crippen LogP contribution in [0.15, 0.2) is 36.4 Å². The highest BCUT2D eigenvalue weighted by atomic mass is 16.4. The third-order valence-electron chi connectivity index (χ3n) is 3.28. The standard InChI is InChI=1S/C16H10O8/c17-13(18)9-6-8(7-4-2-1-3-5-7)10(14(19)20)12(16(23)24)11(9)15(21)22/h1-6H,(H,17,18)(H,19,20)(H,21,22)(H,23,24). The third kappa shape index (κ3) is 2.80. The topological polar surface area (TPSA) is 149 Å². The van der Waals surface area contributed by atoms with Crippen molar-refractivity contribution in [1.29, 1.82) is 0 Å². The van der Waals surface area contributed by atoms with Gasteiger partial charge in [0.2, 0.25) is 0 Å². The molecule has 24 heavy (non-hydrogen) atoms. The van der Waals surface area contributed by atoms with E-state index >= 15 is 0 Å². The molecule has 4 N–H and O–H groups in total. The van der Waals surface area contributed by atoms with Crippen LogP contribution in [0, 0.1) is 0 Å². The highest BCUT2D eigenvalue weighted by Gasteiger charge is 2.32. The predicted octanol–water partition coefficient (Wildman–Crippen LogP) is 2.15. The first-order valence-electron chi connectivity index (χ1n) is 6.45. The fraction of sp³-hybridized carbons (Fsp3) is 0. The molecule has 2 aromatic carbocycles. The van der Waals surface area contributed by atoms with Gasteiger partial charge in [0.15, 0.2) is 0 Å². The minimum absolute atomic E-state index is 0.192. The summed E-state index contributed by atoms with van der Waals surface area (Å²) in [4.78, 5) is 45.8. The van der Waals surface area contributed by atoms with Gasteiger partial charge in [0.05, 0.1) is 22.3 Å². The smallest absolute Gasteiger partial charge is 0.337 e. The Morgan fingerprint density at radius 2 is 1.12 bits per heavy atom. The summed E-state index contributed by atoms with van der Waals surface area (Å²) in [6, 6.07) is 8.50. The lowest BCUT2D eigenvalue weighted by atomic mass is 9.88. The van der Waals surface area contributed by atoms with E-state index in [1.807, 2.05) is 0 Å². The molecule has 2 aromatic rings. The van der Waals surface area contributed by atoms with Crippen molar-refractivity contribution >= 4 is 23.9 Å². The second-order valence-corrected chi connectivity index (χ2v) is 4.68. The molecular formula is C16H10O8. The van der Waals surface area contributed by atoms with Crippen molar-refractivity contribution in [2.45, 2.75) is 0 Å². The maximum Gasteiger partial charge on any atom is 0.337 e. The average Bonchev–Trinajstić information content (AvgIpc) is 2.53. The van der Waals surface area contributed by atoms with E-state index < -0.39 is 46.1 Å². The zero-order valence-electron chi connectivity index (χ0n) is 11.9. The van der Waals surface area contributed by atoms with E-state index in [4.69, 9.17) is 0 Å². The summed E-state index contributed by atoms with van der Waals surface area (Å²) < 4.78 is 0. The van der Waals surface area contributed by atoms with Crippen molar-refractivity contribution in [1.82, 2.24) is 0 Å². The lowest BCUT2D eigenvalue weighted by Gasteiger charge is -2.14. The fourth-order valence-corrected chi connectivity index (χ4v) is 2.36. The van der Waals surface area contributed by atoms with Gasteiger partial charge in [-0.25, -0.2) is 19.2 Å². The number of hydrogen-bond donors (Lipinski definition) is 4. The van der Waals surface area contributed by atoms with Gasteiger partial charge >= 0.3 is 23.9 Å². The molecule has 0 spiro atoms. The summed E-state index contributed by atoms with van der Waals surface area (Å²) in [5.74, 6) is -7.04. The van der Waals surface area contributed by atoms with Crippen LogP contribution in [-0.4, -0.2) is 44.3 Å². The molecule has 0 amide bonds. The van der Waals surface area contributed by atoms with Gasteiger partial charge < -0.3 is 20.4 Å². The molecule has 2 rings (SSSR count). The molecule has 0 radical (unpaired) electrons. The van der Waals surface area contributed by atoms with Crippen molar-refractivity contribution in [3.05, 3.63) is 58.7 Å². The predicted molar refractivity (Wildman–Crippen MR) is 79.7 cm³/mol. The Bertz CT molecular complexity index is 867. The first-order valence-corrected chi connectivity index (χ1v) is 6.45. The minimum atomic E-state index is -1.84. The Hall–Kier alpha value is -3.68. The molecular weight excluding hydrogens is 320 g/mol. The molecule has 0 aliphatic rings. The van der Waals surface area contributed by atoms with E-state index in [0.29, 0.717) is 0 Å². The maximum atomic E-state index is 11.6. The summed E-state index contributed by atoms with van der Waals surface area (Å²) in [5, 5.41) is 37.1. The van der Waals surface area contributed by atoms with Gasteiger partial charge in [0.25, 0.3) is 0 Å².